The summed E-state index contributed by atoms with van der Waals surface area (Å²) in [6.45, 7) is 7.08. The van der Waals surface area contributed by atoms with Gasteiger partial charge in [-0.05, 0) is 26.0 Å². The van der Waals surface area contributed by atoms with E-state index in [2.05, 4.69) is 41.9 Å². The van der Waals surface area contributed by atoms with Gasteiger partial charge in [-0.15, -0.1) is 0 Å². The molecule has 0 amide bonds. The number of para-hydroxylation sites is 2. The fraction of sp³-hybridized carbons (Fsp3) is 0.533. The molecule has 2 heterocycles. The van der Waals surface area contributed by atoms with E-state index in [1.54, 1.807) is 0 Å². The topological polar surface area (TPSA) is 39.1 Å². The number of fused-ring (bicyclic) bond motifs is 1. The average Bonchev–Trinajstić information content (AvgIpc) is 2.77. The largest absolute Gasteiger partial charge is 0.375 e. The smallest absolute Gasteiger partial charge is 0.112 e. The molecule has 1 aliphatic heterocycles. The first-order valence-electron chi connectivity index (χ1n) is 7.04. The molecular formula is C15H21N3O. The number of nitrogens with zero attached hydrogens (tertiary/aromatic N) is 2. The van der Waals surface area contributed by atoms with Crippen LogP contribution in [0, 0.1) is 0 Å². The number of imidazole rings is 1. The maximum Gasteiger partial charge on any atom is 0.112 e. The SMILES string of the molecule is CC(C)n1c(CC2CNCCO2)nc2ccccc21. The standard InChI is InChI=1S/C15H21N3O/c1-11(2)18-14-6-4-3-5-13(14)17-15(18)9-12-10-16-7-8-19-12/h3-6,11-12,16H,7-10H2,1-2H3. The highest BCUT2D eigenvalue weighted by Crippen LogP contribution is 2.22. The molecule has 3 rings (SSSR count). The third kappa shape index (κ3) is 2.51. The Balaban J connectivity index is 1.95. The molecule has 1 saturated heterocycles. The fourth-order valence-electron chi connectivity index (χ4n) is 2.77. The Labute approximate surface area is 113 Å². The normalized spacial score (nSPS) is 20.3. The quantitative estimate of drug-likeness (QED) is 0.918. The van der Waals surface area contributed by atoms with Crippen LogP contribution in [0.2, 0.25) is 0 Å². The maximum atomic E-state index is 5.80. The summed E-state index contributed by atoms with van der Waals surface area (Å²) in [6.07, 6.45) is 1.11. The van der Waals surface area contributed by atoms with Crippen LogP contribution >= 0.6 is 0 Å². The molecule has 0 saturated carbocycles. The Hall–Kier alpha value is -1.39. The Kier molecular flexibility index (Phi) is 3.53. The van der Waals surface area contributed by atoms with Gasteiger partial charge in [0.05, 0.1) is 23.7 Å². The summed E-state index contributed by atoms with van der Waals surface area (Å²) in [4.78, 5) is 4.78. The summed E-state index contributed by atoms with van der Waals surface area (Å²) >= 11 is 0. The lowest BCUT2D eigenvalue weighted by Gasteiger charge is -2.24. The summed E-state index contributed by atoms with van der Waals surface area (Å²) < 4.78 is 8.12. The molecule has 4 nitrogen and oxygen atoms in total. The third-order valence-corrected chi connectivity index (χ3v) is 3.60. The monoisotopic (exact) mass is 259 g/mol. The molecule has 1 aromatic carbocycles. The summed E-state index contributed by atoms with van der Waals surface area (Å²) in [5.41, 5.74) is 2.30. The maximum absolute atomic E-state index is 5.80. The first-order valence-corrected chi connectivity index (χ1v) is 7.04. The van der Waals surface area contributed by atoms with Gasteiger partial charge < -0.3 is 14.6 Å². The predicted molar refractivity (Wildman–Crippen MR) is 76.4 cm³/mol. The second-order valence-corrected chi connectivity index (χ2v) is 5.38. The minimum Gasteiger partial charge on any atom is -0.375 e. The Morgan fingerprint density at radius 1 is 1.42 bits per heavy atom. The highest BCUT2D eigenvalue weighted by atomic mass is 16.5. The third-order valence-electron chi connectivity index (χ3n) is 3.60. The van der Waals surface area contributed by atoms with Crippen molar-refractivity contribution in [3.05, 3.63) is 30.1 Å². The van der Waals surface area contributed by atoms with Gasteiger partial charge in [-0.3, -0.25) is 0 Å². The van der Waals surface area contributed by atoms with Crippen LogP contribution in [-0.4, -0.2) is 35.4 Å². The molecule has 1 aromatic heterocycles. The van der Waals surface area contributed by atoms with Gasteiger partial charge in [0, 0.05) is 25.6 Å². The van der Waals surface area contributed by atoms with Crippen LogP contribution in [0.25, 0.3) is 11.0 Å². The lowest BCUT2D eigenvalue weighted by Crippen LogP contribution is -2.40. The Morgan fingerprint density at radius 3 is 3.00 bits per heavy atom. The van der Waals surface area contributed by atoms with E-state index in [-0.39, 0.29) is 6.10 Å². The highest BCUT2D eigenvalue weighted by molar-refractivity contribution is 5.76. The van der Waals surface area contributed by atoms with E-state index in [1.165, 1.54) is 5.52 Å². The van der Waals surface area contributed by atoms with Crippen LogP contribution in [-0.2, 0) is 11.2 Å². The summed E-state index contributed by atoms with van der Waals surface area (Å²) in [5.74, 6) is 1.13. The molecule has 2 aromatic rings. The van der Waals surface area contributed by atoms with Gasteiger partial charge in [-0.2, -0.15) is 0 Å². The zero-order valence-corrected chi connectivity index (χ0v) is 11.6. The van der Waals surface area contributed by atoms with Crippen LogP contribution in [0.15, 0.2) is 24.3 Å². The number of nitrogens with one attached hydrogen (secondary N) is 1. The van der Waals surface area contributed by atoms with Crippen molar-refractivity contribution in [3.63, 3.8) is 0 Å². The minimum atomic E-state index is 0.239. The van der Waals surface area contributed by atoms with Crippen LogP contribution in [0.1, 0.15) is 25.7 Å². The van der Waals surface area contributed by atoms with Gasteiger partial charge in [0.1, 0.15) is 5.82 Å². The lowest BCUT2D eigenvalue weighted by atomic mass is 10.2. The molecule has 1 unspecified atom stereocenters. The van der Waals surface area contributed by atoms with E-state index in [0.717, 1.165) is 37.5 Å². The van der Waals surface area contributed by atoms with Crippen LogP contribution in [0.4, 0.5) is 0 Å². The van der Waals surface area contributed by atoms with Crippen molar-refractivity contribution in [1.82, 2.24) is 14.9 Å². The number of ether oxygens (including phenoxy) is 1. The van der Waals surface area contributed by atoms with Gasteiger partial charge in [0.25, 0.3) is 0 Å². The van der Waals surface area contributed by atoms with E-state index < -0.39 is 0 Å². The molecule has 0 aliphatic carbocycles. The first-order chi connectivity index (χ1) is 9.25. The van der Waals surface area contributed by atoms with Crippen molar-refractivity contribution >= 4 is 11.0 Å². The second kappa shape index (κ2) is 5.31. The van der Waals surface area contributed by atoms with Gasteiger partial charge >= 0.3 is 0 Å². The number of rotatable bonds is 3. The molecule has 4 heteroatoms. The number of hydrogen-bond acceptors (Lipinski definition) is 3. The molecule has 1 N–H and O–H groups in total. The molecule has 1 atom stereocenters. The zero-order chi connectivity index (χ0) is 13.2. The molecule has 102 valence electrons. The van der Waals surface area contributed by atoms with Crippen molar-refractivity contribution in [2.24, 2.45) is 0 Å². The molecule has 0 spiro atoms. The molecule has 0 bridgehead atoms. The molecular weight excluding hydrogens is 238 g/mol. The van der Waals surface area contributed by atoms with Crippen molar-refractivity contribution in [2.75, 3.05) is 19.7 Å². The average molecular weight is 259 g/mol. The summed E-state index contributed by atoms with van der Waals surface area (Å²) in [6, 6.07) is 8.76. The second-order valence-electron chi connectivity index (χ2n) is 5.38. The summed E-state index contributed by atoms with van der Waals surface area (Å²) in [7, 11) is 0. The Bertz CT molecular complexity index is 556. The molecule has 19 heavy (non-hydrogen) atoms. The van der Waals surface area contributed by atoms with Gasteiger partial charge in [0.2, 0.25) is 0 Å². The van der Waals surface area contributed by atoms with Crippen molar-refractivity contribution in [1.29, 1.82) is 0 Å². The first kappa shape index (κ1) is 12.6. The minimum absolute atomic E-state index is 0.239. The van der Waals surface area contributed by atoms with Gasteiger partial charge in [-0.25, -0.2) is 4.98 Å². The van der Waals surface area contributed by atoms with E-state index in [9.17, 15) is 0 Å². The number of aromatic nitrogens is 2. The number of benzene rings is 1. The molecule has 1 aliphatic rings. The van der Waals surface area contributed by atoms with Crippen molar-refractivity contribution < 1.29 is 4.74 Å². The van der Waals surface area contributed by atoms with E-state index >= 15 is 0 Å². The van der Waals surface area contributed by atoms with Crippen LogP contribution < -0.4 is 5.32 Å². The highest BCUT2D eigenvalue weighted by Gasteiger charge is 2.19. The predicted octanol–water partition coefficient (Wildman–Crippen LogP) is 2.15. The summed E-state index contributed by atoms with van der Waals surface area (Å²) in [5, 5.41) is 3.38. The van der Waals surface area contributed by atoms with E-state index in [4.69, 9.17) is 9.72 Å². The Morgan fingerprint density at radius 2 is 2.26 bits per heavy atom. The lowest BCUT2D eigenvalue weighted by molar-refractivity contribution is 0.0275. The number of hydrogen-bond donors (Lipinski definition) is 1. The van der Waals surface area contributed by atoms with Crippen molar-refractivity contribution in [2.45, 2.75) is 32.4 Å². The zero-order valence-electron chi connectivity index (χ0n) is 11.6. The van der Waals surface area contributed by atoms with Gasteiger partial charge in [0.15, 0.2) is 0 Å². The van der Waals surface area contributed by atoms with E-state index in [1.807, 2.05) is 6.07 Å². The van der Waals surface area contributed by atoms with E-state index in [0.29, 0.717) is 6.04 Å². The van der Waals surface area contributed by atoms with Crippen LogP contribution in [0.3, 0.4) is 0 Å². The van der Waals surface area contributed by atoms with Crippen molar-refractivity contribution in [3.8, 4) is 0 Å². The van der Waals surface area contributed by atoms with Gasteiger partial charge in [-0.1, -0.05) is 12.1 Å². The van der Waals surface area contributed by atoms with Crippen LogP contribution in [0.5, 0.6) is 0 Å². The molecule has 0 radical (unpaired) electrons. The molecule has 1 fully saturated rings. The fourth-order valence-corrected chi connectivity index (χ4v) is 2.77. The number of morpholine rings is 1.